The van der Waals surface area contributed by atoms with Gasteiger partial charge in [0.2, 0.25) is 0 Å². The van der Waals surface area contributed by atoms with Crippen molar-refractivity contribution < 1.29 is 9.84 Å². The summed E-state index contributed by atoms with van der Waals surface area (Å²) in [7, 11) is 0. The summed E-state index contributed by atoms with van der Waals surface area (Å²) in [5, 5.41) is 8.95. The van der Waals surface area contributed by atoms with Crippen molar-refractivity contribution in [1.29, 1.82) is 0 Å². The second-order valence-corrected chi connectivity index (χ2v) is 4.81. The van der Waals surface area contributed by atoms with Crippen LogP contribution in [0.4, 0.5) is 0 Å². The van der Waals surface area contributed by atoms with Crippen LogP contribution in [0.3, 0.4) is 0 Å². The summed E-state index contributed by atoms with van der Waals surface area (Å²) in [6.07, 6.45) is 12.0. The van der Waals surface area contributed by atoms with Crippen LogP contribution < -0.4 is 0 Å². The third kappa shape index (κ3) is 24.8. The summed E-state index contributed by atoms with van der Waals surface area (Å²) in [6.45, 7) is 10.5. The average Bonchev–Trinajstić information content (AvgIpc) is 2.32. The maximum absolute atomic E-state index is 8.95. The van der Waals surface area contributed by atoms with Gasteiger partial charge in [0.1, 0.15) is 0 Å². The first-order chi connectivity index (χ1) is 8.68. The zero-order valence-corrected chi connectivity index (χ0v) is 12.8. The fraction of sp³-hybridized carbons (Fsp3) is 0.875. The minimum atomic E-state index is -0.320. The Morgan fingerprint density at radius 1 is 1.06 bits per heavy atom. The van der Waals surface area contributed by atoms with E-state index in [1.807, 2.05) is 6.92 Å². The number of allylic oxidation sites excluding steroid dienone is 1. The zero-order chi connectivity index (χ0) is 14.1. The lowest BCUT2D eigenvalue weighted by molar-refractivity contribution is 0.0445. The standard InChI is InChI=1S/C13H28O2.C3H6/c1-3-4-5-6-7-8-9-10-11-15-12-13(2)14;1-3-2/h13-14H,3-12H2,1-2H3;3H,1H2,2H3. The lowest BCUT2D eigenvalue weighted by Crippen LogP contribution is -2.10. The summed E-state index contributed by atoms with van der Waals surface area (Å²) in [5.74, 6) is 0. The van der Waals surface area contributed by atoms with Gasteiger partial charge in [-0.15, -0.1) is 6.58 Å². The molecular weight excluding hydrogens is 224 g/mol. The van der Waals surface area contributed by atoms with E-state index in [0.717, 1.165) is 13.0 Å². The molecular formula is C16H34O2. The van der Waals surface area contributed by atoms with Gasteiger partial charge in [0.15, 0.2) is 0 Å². The molecule has 0 radical (unpaired) electrons. The minimum Gasteiger partial charge on any atom is -0.391 e. The highest BCUT2D eigenvalue weighted by Crippen LogP contribution is 2.08. The van der Waals surface area contributed by atoms with E-state index in [1.54, 1.807) is 13.0 Å². The molecule has 0 heterocycles. The van der Waals surface area contributed by atoms with Gasteiger partial charge in [-0.2, -0.15) is 0 Å². The van der Waals surface area contributed by atoms with Gasteiger partial charge in [0.05, 0.1) is 12.7 Å². The zero-order valence-electron chi connectivity index (χ0n) is 12.8. The van der Waals surface area contributed by atoms with E-state index in [9.17, 15) is 0 Å². The maximum Gasteiger partial charge on any atom is 0.0745 e. The lowest BCUT2D eigenvalue weighted by Gasteiger charge is -2.05. The van der Waals surface area contributed by atoms with E-state index < -0.39 is 0 Å². The van der Waals surface area contributed by atoms with E-state index >= 15 is 0 Å². The van der Waals surface area contributed by atoms with Crippen LogP contribution in [0.2, 0.25) is 0 Å². The Morgan fingerprint density at radius 3 is 1.94 bits per heavy atom. The van der Waals surface area contributed by atoms with Crippen LogP contribution in [0.25, 0.3) is 0 Å². The molecule has 0 aromatic rings. The molecule has 18 heavy (non-hydrogen) atoms. The summed E-state index contributed by atoms with van der Waals surface area (Å²) in [4.78, 5) is 0. The Bertz CT molecular complexity index is 144. The fourth-order valence-corrected chi connectivity index (χ4v) is 1.59. The molecule has 0 saturated heterocycles. The molecule has 0 aromatic carbocycles. The predicted molar refractivity (Wildman–Crippen MR) is 81.0 cm³/mol. The summed E-state index contributed by atoms with van der Waals surface area (Å²) >= 11 is 0. The Labute approximate surface area is 114 Å². The van der Waals surface area contributed by atoms with Crippen molar-refractivity contribution in [1.82, 2.24) is 0 Å². The number of aliphatic hydroxyl groups excluding tert-OH is 1. The molecule has 0 saturated carbocycles. The quantitative estimate of drug-likeness (QED) is 0.429. The maximum atomic E-state index is 8.95. The molecule has 110 valence electrons. The Morgan fingerprint density at radius 2 is 1.50 bits per heavy atom. The van der Waals surface area contributed by atoms with Crippen molar-refractivity contribution in [2.75, 3.05) is 13.2 Å². The highest BCUT2D eigenvalue weighted by molar-refractivity contribution is 4.51. The van der Waals surface area contributed by atoms with Crippen molar-refractivity contribution in [3.8, 4) is 0 Å². The largest absolute Gasteiger partial charge is 0.391 e. The fourth-order valence-electron chi connectivity index (χ4n) is 1.59. The second-order valence-electron chi connectivity index (χ2n) is 4.81. The third-order valence-electron chi connectivity index (χ3n) is 2.50. The third-order valence-corrected chi connectivity index (χ3v) is 2.50. The molecule has 0 aliphatic heterocycles. The number of hydrogen-bond acceptors (Lipinski definition) is 2. The molecule has 0 aliphatic carbocycles. The van der Waals surface area contributed by atoms with Gasteiger partial charge >= 0.3 is 0 Å². The first-order valence-electron chi connectivity index (χ1n) is 7.51. The smallest absolute Gasteiger partial charge is 0.0745 e. The van der Waals surface area contributed by atoms with Crippen molar-refractivity contribution in [2.24, 2.45) is 0 Å². The molecule has 2 nitrogen and oxygen atoms in total. The highest BCUT2D eigenvalue weighted by Gasteiger charge is 1.95. The van der Waals surface area contributed by atoms with Gasteiger partial charge in [-0.1, -0.05) is 57.9 Å². The Balaban J connectivity index is 0. The molecule has 0 amide bonds. The van der Waals surface area contributed by atoms with Crippen LogP contribution in [-0.4, -0.2) is 24.4 Å². The van der Waals surface area contributed by atoms with Gasteiger partial charge in [0, 0.05) is 6.61 Å². The molecule has 0 bridgehead atoms. The van der Waals surface area contributed by atoms with Gasteiger partial charge in [-0.3, -0.25) is 0 Å². The van der Waals surface area contributed by atoms with Crippen molar-refractivity contribution in [2.45, 2.75) is 78.2 Å². The monoisotopic (exact) mass is 258 g/mol. The minimum absolute atomic E-state index is 0.320. The van der Waals surface area contributed by atoms with Gasteiger partial charge < -0.3 is 9.84 Å². The van der Waals surface area contributed by atoms with Crippen LogP contribution in [0, 0.1) is 0 Å². The SMILES string of the molecule is C=CC.CCCCCCCCCCOCC(C)O. The van der Waals surface area contributed by atoms with E-state index in [4.69, 9.17) is 9.84 Å². The van der Waals surface area contributed by atoms with E-state index in [-0.39, 0.29) is 6.10 Å². The summed E-state index contributed by atoms with van der Waals surface area (Å²) in [5.41, 5.74) is 0. The van der Waals surface area contributed by atoms with Gasteiger partial charge in [-0.05, 0) is 20.3 Å². The van der Waals surface area contributed by atoms with Crippen LogP contribution >= 0.6 is 0 Å². The van der Waals surface area contributed by atoms with Crippen LogP contribution in [0.5, 0.6) is 0 Å². The Hall–Kier alpha value is -0.340. The van der Waals surface area contributed by atoms with Crippen LogP contribution in [0.15, 0.2) is 12.7 Å². The second kappa shape index (κ2) is 19.0. The summed E-state index contributed by atoms with van der Waals surface area (Å²) < 4.78 is 5.29. The van der Waals surface area contributed by atoms with Gasteiger partial charge in [0.25, 0.3) is 0 Å². The molecule has 1 N–H and O–H groups in total. The number of rotatable bonds is 11. The number of hydrogen-bond donors (Lipinski definition) is 1. The first-order valence-corrected chi connectivity index (χ1v) is 7.51. The lowest BCUT2D eigenvalue weighted by atomic mass is 10.1. The highest BCUT2D eigenvalue weighted by atomic mass is 16.5. The molecule has 1 unspecified atom stereocenters. The van der Waals surface area contributed by atoms with Gasteiger partial charge in [-0.25, -0.2) is 0 Å². The van der Waals surface area contributed by atoms with E-state index in [0.29, 0.717) is 6.61 Å². The molecule has 0 aliphatic rings. The van der Waals surface area contributed by atoms with Crippen LogP contribution in [0.1, 0.15) is 72.1 Å². The Kier molecular flexibility index (Phi) is 21.1. The molecule has 0 spiro atoms. The number of unbranched alkanes of at least 4 members (excludes halogenated alkanes) is 7. The topological polar surface area (TPSA) is 29.5 Å². The van der Waals surface area contributed by atoms with Crippen molar-refractivity contribution in [3.05, 3.63) is 12.7 Å². The summed E-state index contributed by atoms with van der Waals surface area (Å²) in [6, 6.07) is 0. The van der Waals surface area contributed by atoms with Crippen molar-refractivity contribution >= 4 is 0 Å². The molecule has 0 aromatic heterocycles. The predicted octanol–water partition coefficient (Wildman–Crippen LogP) is 4.72. The van der Waals surface area contributed by atoms with Crippen LogP contribution in [-0.2, 0) is 4.74 Å². The normalized spacial score (nSPS) is 11.6. The molecule has 1 atom stereocenters. The number of aliphatic hydroxyl groups is 1. The number of ether oxygens (including phenoxy) is 1. The molecule has 0 rings (SSSR count). The average molecular weight is 258 g/mol. The van der Waals surface area contributed by atoms with Crippen molar-refractivity contribution in [3.63, 3.8) is 0 Å². The first kappa shape index (κ1) is 20.0. The van der Waals surface area contributed by atoms with E-state index in [1.165, 1.54) is 44.9 Å². The molecule has 2 heteroatoms. The van der Waals surface area contributed by atoms with E-state index in [2.05, 4.69) is 13.5 Å². The molecule has 0 fully saturated rings.